The Kier molecular flexibility index (Phi) is 7.09. The minimum atomic E-state index is -2.89. The lowest BCUT2D eigenvalue weighted by atomic mass is 9.42. The summed E-state index contributed by atoms with van der Waals surface area (Å²) in [6.07, 6.45) is 1.25. The minimum Gasteiger partial charge on any atom is -0.507 e. The molecule has 2 saturated carbocycles. The second-order valence-electron chi connectivity index (χ2n) is 13.0. The van der Waals surface area contributed by atoms with Gasteiger partial charge in [-0.2, -0.15) is 0 Å². The normalized spacial score (nSPS) is 31.3. The number of aromatic hydroxyl groups is 1. The number of amides is 2. The van der Waals surface area contributed by atoms with E-state index in [1.54, 1.807) is 32.0 Å². The first-order valence-electron chi connectivity index (χ1n) is 14.0. The number of hydrogen-bond acceptors (Lipinski definition) is 12. The molecule has 0 aliphatic heterocycles. The van der Waals surface area contributed by atoms with Gasteiger partial charge in [0.2, 0.25) is 11.7 Å². The van der Waals surface area contributed by atoms with Crippen LogP contribution in [0.15, 0.2) is 22.9 Å². The lowest BCUT2D eigenvalue weighted by Crippen LogP contribution is -2.79. The fraction of sp³-hybridized carbons (Fsp3) is 0.500. The Labute approximate surface area is 252 Å². The molecule has 2 fully saturated rings. The molecule has 0 saturated heterocycles. The summed E-state index contributed by atoms with van der Waals surface area (Å²) in [6, 6.07) is 1.73. The highest BCUT2D eigenvalue weighted by Gasteiger charge is 2.76. The van der Waals surface area contributed by atoms with E-state index in [1.165, 1.54) is 38.2 Å². The molecule has 0 radical (unpaired) electrons. The van der Waals surface area contributed by atoms with E-state index in [2.05, 4.69) is 10.5 Å². The Morgan fingerprint density at radius 3 is 2.34 bits per heavy atom. The Hall–Kier alpha value is -4.43. The van der Waals surface area contributed by atoms with E-state index < -0.39 is 75.0 Å². The topological polar surface area (TPSA) is 213 Å². The summed E-state index contributed by atoms with van der Waals surface area (Å²) < 4.78 is 4.86. The molecule has 2 aromatic rings. The van der Waals surface area contributed by atoms with E-state index in [-0.39, 0.29) is 36.3 Å². The van der Waals surface area contributed by atoms with Crippen molar-refractivity contribution in [1.82, 2.24) is 15.4 Å². The van der Waals surface area contributed by atoms with Crippen LogP contribution in [0.25, 0.3) is 0 Å². The van der Waals surface area contributed by atoms with E-state index in [9.17, 15) is 39.0 Å². The molecule has 0 spiro atoms. The van der Waals surface area contributed by atoms with Gasteiger partial charge in [-0.15, -0.1) is 0 Å². The van der Waals surface area contributed by atoms with Gasteiger partial charge in [0.05, 0.1) is 23.7 Å². The first-order valence-corrected chi connectivity index (χ1v) is 14.0. The Balaban J connectivity index is 1.66. The molecule has 5 N–H and O–H groups in total. The van der Waals surface area contributed by atoms with Gasteiger partial charge in [-0.3, -0.25) is 33.7 Å². The molecular formula is C30H35N5O9. The van der Waals surface area contributed by atoms with Gasteiger partial charge < -0.3 is 30.7 Å². The summed E-state index contributed by atoms with van der Waals surface area (Å²) in [6.45, 7) is 2.93. The quantitative estimate of drug-likeness (QED) is 0.309. The number of carbonyl (C=O) groups excluding carboxylic acids is 6. The number of hydrogen-bond donors (Lipinski definition) is 4. The van der Waals surface area contributed by atoms with Crippen molar-refractivity contribution in [3.63, 3.8) is 0 Å². The maximum absolute atomic E-state index is 14.4. The molecule has 2 unspecified atom stereocenters. The number of carbonyl (C=O) groups is 6. The van der Waals surface area contributed by atoms with Gasteiger partial charge in [0.25, 0.3) is 5.91 Å². The van der Waals surface area contributed by atoms with Crippen molar-refractivity contribution in [1.29, 1.82) is 0 Å². The van der Waals surface area contributed by atoms with Crippen LogP contribution in [-0.4, -0.2) is 95.1 Å². The van der Waals surface area contributed by atoms with Gasteiger partial charge in [0.15, 0.2) is 34.7 Å². The first kappa shape index (κ1) is 31.0. The summed E-state index contributed by atoms with van der Waals surface area (Å²) in [5, 5.41) is 29.6. The third kappa shape index (κ3) is 4.04. The zero-order valence-corrected chi connectivity index (χ0v) is 25.3. The number of benzene rings is 1. The van der Waals surface area contributed by atoms with Crippen molar-refractivity contribution in [3.8, 4) is 5.75 Å². The maximum atomic E-state index is 14.4. The summed E-state index contributed by atoms with van der Waals surface area (Å²) >= 11 is 0. The Morgan fingerprint density at radius 2 is 1.80 bits per heavy atom. The molecule has 2 amide bonds. The predicted molar refractivity (Wildman–Crippen MR) is 153 cm³/mol. The van der Waals surface area contributed by atoms with Crippen molar-refractivity contribution < 1.29 is 43.5 Å². The van der Waals surface area contributed by atoms with Crippen LogP contribution in [-0.2, 0) is 32.1 Å². The van der Waals surface area contributed by atoms with Crippen LogP contribution in [0.4, 0.5) is 5.69 Å². The molecule has 6 atom stereocenters. The number of nitrogens with two attached hydrogens (primary N) is 1. The zero-order valence-electron chi connectivity index (χ0n) is 25.3. The summed E-state index contributed by atoms with van der Waals surface area (Å²) in [5.41, 5.74) is 0.597. The van der Waals surface area contributed by atoms with Crippen molar-refractivity contribution >= 4 is 40.6 Å². The maximum Gasteiger partial charge on any atom is 0.290 e. The van der Waals surface area contributed by atoms with Crippen LogP contribution in [0.3, 0.4) is 0 Å². The molecule has 44 heavy (non-hydrogen) atoms. The Morgan fingerprint density at radius 1 is 1.14 bits per heavy atom. The van der Waals surface area contributed by atoms with Crippen molar-refractivity contribution in [2.75, 3.05) is 33.1 Å². The smallest absolute Gasteiger partial charge is 0.290 e. The van der Waals surface area contributed by atoms with E-state index in [0.29, 0.717) is 11.3 Å². The second-order valence-corrected chi connectivity index (χ2v) is 13.0. The van der Waals surface area contributed by atoms with E-state index in [4.69, 9.17) is 10.3 Å². The average molecular weight is 610 g/mol. The van der Waals surface area contributed by atoms with Crippen LogP contribution < -0.4 is 16.0 Å². The van der Waals surface area contributed by atoms with Crippen LogP contribution in [0, 0.1) is 22.7 Å². The summed E-state index contributed by atoms with van der Waals surface area (Å²) in [7, 11) is 6.54. The number of aromatic nitrogens is 1. The molecule has 3 aliphatic carbocycles. The summed E-state index contributed by atoms with van der Waals surface area (Å²) in [4.78, 5) is 84.0. The molecule has 1 aromatic carbocycles. The minimum absolute atomic E-state index is 0.0628. The van der Waals surface area contributed by atoms with E-state index >= 15 is 0 Å². The number of anilines is 1. The third-order valence-corrected chi connectivity index (χ3v) is 9.63. The van der Waals surface area contributed by atoms with Crippen molar-refractivity contribution in [2.24, 2.45) is 28.4 Å². The highest BCUT2D eigenvalue weighted by atomic mass is 16.5. The zero-order chi connectivity index (χ0) is 32.7. The molecule has 1 aromatic heterocycles. The molecule has 234 valence electrons. The van der Waals surface area contributed by atoms with Gasteiger partial charge in [-0.25, -0.2) is 0 Å². The number of aliphatic hydroxyl groups is 1. The van der Waals surface area contributed by atoms with Crippen molar-refractivity contribution in [2.45, 2.75) is 44.9 Å². The third-order valence-electron chi connectivity index (χ3n) is 9.63. The van der Waals surface area contributed by atoms with Gasteiger partial charge >= 0.3 is 0 Å². The van der Waals surface area contributed by atoms with Crippen molar-refractivity contribution in [3.05, 3.63) is 40.8 Å². The van der Waals surface area contributed by atoms with E-state index in [1.807, 2.05) is 0 Å². The lowest BCUT2D eigenvalue weighted by molar-refractivity contribution is -0.203. The largest absolute Gasteiger partial charge is 0.507 e. The number of Topliss-reactive ketones (excluding diaryl/α,β-unsaturated/α-hetero) is 4. The molecule has 14 heteroatoms. The fourth-order valence-corrected chi connectivity index (χ4v) is 7.95. The molecule has 0 bridgehead atoms. The molecule has 14 nitrogen and oxygen atoms in total. The van der Waals surface area contributed by atoms with E-state index in [0.717, 1.165) is 0 Å². The molecule has 5 rings (SSSR count). The highest BCUT2D eigenvalue weighted by Crippen LogP contribution is 2.62. The highest BCUT2D eigenvalue weighted by molar-refractivity contribution is 6.33. The summed E-state index contributed by atoms with van der Waals surface area (Å²) in [5.74, 6) is -10.2. The molecular weight excluding hydrogens is 574 g/mol. The lowest BCUT2D eigenvalue weighted by Gasteiger charge is -2.61. The first-order chi connectivity index (χ1) is 20.4. The van der Waals surface area contributed by atoms with Gasteiger partial charge in [-0.05, 0) is 44.0 Å². The molecule has 3 aliphatic rings. The number of nitrogens with one attached hydrogen (secondary N) is 1. The fourth-order valence-electron chi connectivity index (χ4n) is 7.95. The average Bonchev–Trinajstić information content (AvgIpc) is 3.45. The predicted octanol–water partition coefficient (Wildman–Crippen LogP) is -0.369. The van der Waals surface area contributed by atoms with Crippen LogP contribution in [0.5, 0.6) is 5.75 Å². The van der Waals surface area contributed by atoms with Crippen LogP contribution in [0.2, 0.25) is 0 Å². The number of likely N-dealkylation sites (N-methyl/N-ethyl adjacent to an activating group) is 1. The van der Waals surface area contributed by atoms with Gasteiger partial charge in [0.1, 0.15) is 5.75 Å². The number of ketones is 4. The SMILES string of the molecule is CN(C)c1cc(CNC(=O)c2ccno2)c(O)c2c1C[C@@]1(C)C[C@@]3(C)[C@H](N(C)C)C(=O)C(C(N)=O)C(=O)[C@@]3(O)C(=O)C1C2=O. The number of primary amides is 1. The number of fused-ring (bicyclic) bond motifs is 3. The van der Waals surface area contributed by atoms with Gasteiger partial charge in [0, 0.05) is 43.4 Å². The Bertz CT molecular complexity index is 1630. The van der Waals surface area contributed by atoms with Gasteiger partial charge in [-0.1, -0.05) is 19.0 Å². The number of phenolic OH excluding ortho intramolecular Hbond substituents is 1. The monoisotopic (exact) mass is 609 g/mol. The number of phenols is 1. The van der Waals surface area contributed by atoms with Crippen LogP contribution in [0.1, 0.15) is 52.3 Å². The number of rotatable bonds is 6. The molecule has 1 heterocycles. The standard InChI is InChI=1S/C30H35N5O9/c1-28-10-14-15(34(3)4)9-13(11-32-27(42)16-7-8-33-44-16)20(36)17(14)21(37)19(28)25(40)30(43)24(39)18(26(31)41)22(38)23(35(5)6)29(30,2)12-28/h7-9,18-19,23,36,43H,10-12H2,1-6H3,(H2,31,41)(H,32,42)/t18?,19?,23-,28+,29+,30-/m1/s1. The second kappa shape index (κ2) is 10.1. The van der Waals surface area contributed by atoms with Crippen LogP contribution >= 0.6 is 0 Å². The number of nitrogens with zero attached hydrogens (tertiary/aromatic N) is 3.